The van der Waals surface area contributed by atoms with Crippen molar-refractivity contribution in [1.29, 1.82) is 0 Å². The first-order chi connectivity index (χ1) is 8.65. The van der Waals surface area contributed by atoms with E-state index in [4.69, 9.17) is 10.5 Å². The SMILES string of the molecule is COc1cc(C)c(C(=O)CC(C)(C)N)cc1C(C)C. The lowest BCUT2D eigenvalue weighted by molar-refractivity contribution is 0.0959. The van der Waals surface area contributed by atoms with Crippen LogP contribution >= 0.6 is 0 Å². The van der Waals surface area contributed by atoms with Crippen LogP contribution in [0, 0.1) is 6.92 Å². The van der Waals surface area contributed by atoms with E-state index < -0.39 is 5.54 Å². The largest absolute Gasteiger partial charge is 0.496 e. The van der Waals surface area contributed by atoms with Crippen molar-refractivity contribution in [3.05, 3.63) is 28.8 Å². The van der Waals surface area contributed by atoms with Crippen molar-refractivity contribution < 1.29 is 9.53 Å². The Hall–Kier alpha value is -1.35. The van der Waals surface area contributed by atoms with Crippen LogP contribution < -0.4 is 10.5 Å². The van der Waals surface area contributed by atoms with Crippen LogP contribution in [-0.4, -0.2) is 18.4 Å². The van der Waals surface area contributed by atoms with Crippen LogP contribution in [0.2, 0.25) is 0 Å². The number of aryl methyl sites for hydroxylation is 1. The predicted octanol–water partition coefficient (Wildman–Crippen LogP) is 3.44. The van der Waals surface area contributed by atoms with Crippen molar-refractivity contribution in [2.24, 2.45) is 5.73 Å². The van der Waals surface area contributed by atoms with E-state index in [0.29, 0.717) is 12.3 Å². The first-order valence-corrected chi connectivity index (χ1v) is 6.66. The number of carbonyl (C=O) groups excluding carboxylic acids is 1. The summed E-state index contributed by atoms with van der Waals surface area (Å²) in [6, 6.07) is 3.89. The topological polar surface area (TPSA) is 52.3 Å². The molecule has 0 radical (unpaired) electrons. The van der Waals surface area contributed by atoms with E-state index >= 15 is 0 Å². The van der Waals surface area contributed by atoms with Gasteiger partial charge in [0.05, 0.1) is 7.11 Å². The zero-order chi connectivity index (χ0) is 14.8. The van der Waals surface area contributed by atoms with Gasteiger partial charge in [0.15, 0.2) is 5.78 Å². The highest BCUT2D eigenvalue weighted by molar-refractivity contribution is 5.98. The Bertz CT molecular complexity index is 470. The van der Waals surface area contributed by atoms with E-state index in [2.05, 4.69) is 13.8 Å². The summed E-state index contributed by atoms with van der Waals surface area (Å²) in [6.45, 7) is 9.85. The molecule has 0 aliphatic heterocycles. The van der Waals surface area contributed by atoms with E-state index in [-0.39, 0.29) is 5.78 Å². The molecule has 0 spiro atoms. The van der Waals surface area contributed by atoms with Gasteiger partial charge < -0.3 is 10.5 Å². The maximum absolute atomic E-state index is 12.3. The van der Waals surface area contributed by atoms with E-state index in [0.717, 1.165) is 22.4 Å². The highest BCUT2D eigenvalue weighted by Gasteiger charge is 2.21. The molecule has 1 aromatic carbocycles. The van der Waals surface area contributed by atoms with Gasteiger partial charge in [0.25, 0.3) is 0 Å². The molecule has 0 heterocycles. The average Bonchev–Trinajstić information content (AvgIpc) is 2.25. The van der Waals surface area contributed by atoms with Crippen molar-refractivity contribution in [1.82, 2.24) is 0 Å². The lowest BCUT2D eigenvalue weighted by atomic mass is 9.90. The fourth-order valence-corrected chi connectivity index (χ4v) is 2.14. The first-order valence-electron chi connectivity index (χ1n) is 6.66. The summed E-state index contributed by atoms with van der Waals surface area (Å²) in [5, 5.41) is 0. The van der Waals surface area contributed by atoms with Gasteiger partial charge in [-0.2, -0.15) is 0 Å². The Morgan fingerprint density at radius 2 is 1.95 bits per heavy atom. The van der Waals surface area contributed by atoms with Gasteiger partial charge in [-0.05, 0) is 49.9 Å². The van der Waals surface area contributed by atoms with E-state index in [9.17, 15) is 4.79 Å². The van der Waals surface area contributed by atoms with Gasteiger partial charge in [0, 0.05) is 17.5 Å². The predicted molar refractivity (Wildman–Crippen MR) is 79.0 cm³/mol. The Kier molecular flexibility index (Phi) is 4.75. The number of rotatable bonds is 5. The summed E-state index contributed by atoms with van der Waals surface area (Å²) in [7, 11) is 1.66. The summed E-state index contributed by atoms with van der Waals surface area (Å²) >= 11 is 0. The summed E-state index contributed by atoms with van der Waals surface area (Å²) in [5.74, 6) is 1.25. The van der Waals surface area contributed by atoms with Crippen LogP contribution in [0.25, 0.3) is 0 Å². The van der Waals surface area contributed by atoms with Crippen molar-refractivity contribution in [2.75, 3.05) is 7.11 Å². The number of carbonyl (C=O) groups is 1. The van der Waals surface area contributed by atoms with Gasteiger partial charge in [-0.1, -0.05) is 13.8 Å². The third-order valence-electron chi connectivity index (χ3n) is 3.12. The number of methoxy groups -OCH3 is 1. The van der Waals surface area contributed by atoms with Crippen molar-refractivity contribution >= 4 is 5.78 Å². The van der Waals surface area contributed by atoms with Crippen LogP contribution in [0.3, 0.4) is 0 Å². The van der Waals surface area contributed by atoms with Crippen LogP contribution in [0.15, 0.2) is 12.1 Å². The second-order valence-corrected chi connectivity index (χ2v) is 6.15. The average molecular weight is 263 g/mol. The lowest BCUT2D eigenvalue weighted by Gasteiger charge is -2.20. The zero-order valence-electron chi connectivity index (χ0n) is 12.8. The van der Waals surface area contributed by atoms with Crippen LogP contribution in [-0.2, 0) is 0 Å². The van der Waals surface area contributed by atoms with Crippen LogP contribution in [0.1, 0.15) is 61.5 Å². The van der Waals surface area contributed by atoms with Crippen molar-refractivity contribution in [3.8, 4) is 5.75 Å². The number of ether oxygens (including phenoxy) is 1. The molecule has 0 aromatic heterocycles. The molecular formula is C16H25NO2. The molecule has 2 N–H and O–H groups in total. The monoisotopic (exact) mass is 263 g/mol. The minimum atomic E-state index is -0.485. The molecular weight excluding hydrogens is 238 g/mol. The molecule has 0 saturated heterocycles. The Balaban J connectivity index is 3.22. The maximum Gasteiger partial charge on any atom is 0.164 e. The molecule has 3 nitrogen and oxygen atoms in total. The van der Waals surface area contributed by atoms with Gasteiger partial charge >= 0.3 is 0 Å². The molecule has 0 amide bonds. The summed E-state index contributed by atoms with van der Waals surface area (Å²) in [6.07, 6.45) is 0.345. The number of hydrogen-bond acceptors (Lipinski definition) is 3. The van der Waals surface area contributed by atoms with Crippen molar-refractivity contribution in [3.63, 3.8) is 0 Å². The van der Waals surface area contributed by atoms with Gasteiger partial charge in [0.1, 0.15) is 5.75 Å². The smallest absolute Gasteiger partial charge is 0.164 e. The van der Waals surface area contributed by atoms with E-state index in [1.165, 1.54) is 0 Å². The zero-order valence-corrected chi connectivity index (χ0v) is 12.8. The lowest BCUT2D eigenvalue weighted by Crippen LogP contribution is -2.34. The molecule has 0 unspecified atom stereocenters. The van der Waals surface area contributed by atoms with E-state index in [1.54, 1.807) is 7.11 Å². The normalized spacial score (nSPS) is 11.8. The summed E-state index contributed by atoms with van der Waals surface area (Å²) in [4.78, 5) is 12.3. The fourth-order valence-electron chi connectivity index (χ4n) is 2.14. The third-order valence-corrected chi connectivity index (χ3v) is 3.12. The number of Topliss-reactive ketones (excluding diaryl/α,β-unsaturated/α-hetero) is 1. The van der Waals surface area contributed by atoms with Crippen LogP contribution in [0.4, 0.5) is 0 Å². The summed E-state index contributed by atoms with van der Waals surface area (Å²) in [5.41, 5.74) is 8.20. The molecule has 0 fully saturated rings. The minimum absolute atomic E-state index is 0.0922. The number of ketones is 1. The van der Waals surface area contributed by atoms with Gasteiger partial charge in [-0.25, -0.2) is 0 Å². The summed E-state index contributed by atoms with van der Waals surface area (Å²) < 4.78 is 5.39. The molecule has 0 saturated carbocycles. The Labute approximate surface area is 116 Å². The molecule has 19 heavy (non-hydrogen) atoms. The highest BCUT2D eigenvalue weighted by Crippen LogP contribution is 2.30. The molecule has 0 atom stereocenters. The quantitative estimate of drug-likeness (QED) is 0.828. The molecule has 106 valence electrons. The molecule has 1 aromatic rings. The van der Waals surface area contributed by atoms with Gasteiger partial charge in [-0.3, -0.25) is 4.79 Å². The molecule has 1 rings (SSSR count). The second kappa shape index (κ2) is 5.74. The first kappa shape index (κ1) is 15.7. The number of hydrogen-bond donors (Lipinski definition) is 1. The fraction of sp³-hybridized carbons (Fsp3) is 0.562. The van der Waals surface area contributed by atoms with E-state index in [1.807, 2.05) is 32.9 Å². The maximum atomic E-state index is 12.3. The Morgan fingerprint density at radius 3 is 2.37 bits per heavy atom. The second-order valence-electron chi connectivity index (χ2n) is 6.15. The molecule has 0 aliphatic rings. The highest BCUT2D eigenvalue weighted by atomic mass is 16.5. The number of nitrogens with two attached hydrogens (primary N) is 1. The van der Waals surface area contributed by atoms with Crippen LogP contribution in [0.5, 0.6) is 5.75 Å². The van der Waals surface area contributed by atoms with Gasteiger partial charge in [-0.15, -0.1) is 0 Å². The minimum Gasteiger partial charge on any atom is -0.496 e. The third kappa shape index (κ3) is 4.06. The van der Waals surface area contributed by atoms with Crippen molar-refractivity contribution in [2.45, 2.75) is 52.5 Å². The molecule has 0 aliphatic carbocycles. The molecule has 3 heteroatoms. The number of benzene rings is 1. The standard InChI is InChI=1S/C16H25NO2/c1-10(2)12-8-13(11(3)7-15(12)19-6)14(18)9-16(4,5)17/h7-8,10H,9,17H2,1-6H3. The molecule has 0 bridgehead atoms. The van der Waals surface area contributed by atoms with Gasteiger partial charge in [0.2, 0.25) is 0 Å². The Morgan fingerprint density at radius 1 is 1.37 bits per heavy atom.